The van der Waals surface area contributed by atoms with Crippen LogP contribution in [0.25, 0.3) is 0 Å². The summed E-state index contributed by atoms with van der Waals surface area (Å²) in [7, 11) is 0. The zero-order chi connectivity index (χ0) is 9.40. The lowest BCUT2D eigenvalue weighted by molar-refractivity contribution is 0.331. The summed E-state index contributed by atoms with van der Waals surface area (Å²) < 4.78 is 0. The van der Waals surface area contributed by atoms with E-state index < -0.39 is 0 Å². The summed E-state index contributed by atoms with van der Waals surface area (Å²) in [4.78, 5) is 0. The highest BCUT2D eigenvalue weighted by Crippen LogP contribution is 2.06. The maximum atomic E-state index is 8.70. The molecule has 0 saturated heterocycles. The Morgan fingerprint density at radius 2 is 2.00 bits per heavy atom. The Labute approximate surface area is 75.1 Å². The minimum atomic E-state index is 0.171. The van der Waals surface area contributed by atoms with Gasteiger partial charge < -0.3 is 5.11 Å². The summed E-state index contributed by atoms with van der Waals surface area (Å²) in [6.45, 7) is 7.82. The molecule has 0 aliphatic rings. The molecule has 0 aromatic rings. The molecule has 0 atom stereocenters. The molecule has 1 nitrogen and oxygen atoms in total. The van der Waals surface area contributed by atoms with Gasteiger partial charge in [-0.1, -0.05) is 36.0 Å². The largest absolute Gasteiger partial charge is 0.392 e. The molecule has 0 aliphatic carbocycles. The molecule has 0 spiro atoms. The first kappa shape index (κ1) is 11.2. The molecule has 0 radical (unpaired) electrons. The molecule has 68 valence electrons. The molecule has 1 N–H and O–H groups in total. The average Bonchev–Trinajstić information content (AvgIpc) is 2.04. The summed E-state index contributed by atoms with van der Waals surface area (Å²) >= 11 is 0. The van der Waals surface area contributed by atoms with Crippen molar-refractivity contribution in [3.05, 3.63) is 36.0 Å². The standard InChI is InChI=1S/C11H18O/c1-4-6-10(2)7-5-8-11(3)9-12/h4,6,8,12H,1,5,7,9H2,2-3H3. The molecule has 0 bridgehead atoms. The summed E-state index contributed by atoms with van der Waals surface area (Å²) in [5, 5.41) is 8.70. The Bertz CT molecular complexity index is 187. The predicted octanol–water partition coefficient (Wildman–Crippen LogP) is 2.84. The molecule has 0 heterocycles. The van der Waals surface area contributed by atoms with E-state index in [1.807, 2.05) is 13.0 Å². The number of allylic oxidation sites excluding steroid dienone is 4. The molecule has 0 amide bonds. The third kappa shape index (κ3) is 5.93. The lowest BCUT2D eigenvalue weighted by Gasteiger charge is -1.97. The van der Waals surface area contributed by atoms with Crippen LogP contribution in [0.1, 0.15) is 26.7 Å². The lowest BCUT2D eigenvalue weighted by atomic mass is 10.1. The minimum Gasteiger partial charge on any atom is -0.392 e. The number of rotatable bonds is 5. The summed E-state index contributed by atoms with van der Waals surface area (Å²) in [5.41, 5.74) is 2.37. The van der Waals surface area contributed by atoms with Crippen molar-refractivity contribution >= 4 is 0 Å². The Kier molecular flexibility index (Phi) is 6.39. The van der Waals surface area contributed by atoms with Gasteiger partial charge in [-0.05, 0) is 26.7 Å². The number of aliphatic hydroxyl groups is 1. The van der Waals surface area contributed by atoms with Gasteiger partial charge in [0.15, 0.2) is 0 Å². The van der Waals surface area contributed by atoms with Crippen LogP contribution in [-0.4, -0.2) is 11.7 Å². The van der Waals surface area contributed by atoms with E-state index >= 15 is 0 Å². The summed E-state index contributed by atoms with van der Waals surface area (Å²) in [5.74, 6) is 0. The minimum absolute atomic E-state index is 0.171. The Morgan fingerprint density at radius 1 is 1.33 bits per heavy atom. The van der Waals surface area contributed by atoms with Gasteiger partial charge in [0.1, 0.15) is 0 Å². The van der Waals surface area contributed by atoms with Crippen LogP contribution in [0.4, 0.5) is 0 Å². The first-order valence-electron chi connectivity index (χ1n) is 4.25. The predicted molar refractivity (Wildman–Crippen MR) is 54.0 cm³/mol. The molecular formula is C11H18O. The number of hydrogen-bond acceptors (Lipinski definition) is 1. The van der Waals surface area contributed by atoms with Crippen LogP contribution in [0.15, 0.2) is 36.0 Å². The first-order chi connectivity index (χ1) is 5.70. The van der Waals surface area contributed by atoms with E-state index in [4.69, 9.17) is 5.11 Å². The third-order valence-electron chi connectivity index (χ3n) is 1.68. The summed E-state index contributed by atoms with van der Waals surface area (Å²) in [6.07, 6.45) is 7.94. The maximum absolute atomic E-state index is 8.70. The van der Waals surface area contributed by atoms with E-state index in [-0.39, 0.29) is 6.61 Å². The molecule has 1 heteroatoms. The molecule has 12 heavy (non-hydrogen) atoms. The lowest BCUT2D eigenvalue weighted by Crippen LogP contribution is -1.84. The number of hydrogen-bond donors (Lipinski definition) is 1. The van der Waals surface area contributed by atoms with Crippen molar-refractivity contribution in [2.45, 2.75) is 26.7 Å². The molecule has 0 unspecified atom stereocenters. The molecule has 0 rings (SSSR count). The average molecular weight is 166 g/mol. The van der Waals surface area contributed by atoms with Gasteiger partial charge in [-0.3, -0.25) is 0 Å². The SMILES string of the molecule is C=CC=C(C)CCC=C(C)CO. The van der Waals surface area contributed by atoms with Crippen LogP contribution in [0, 0.1) is 0 Å². The maximum Gasteiger partial charge on any atom is 0.0639 e. The van der Waals surface area contributed by atoms with Crippen molar-refractivity contribution in [1.82, 2.24) is 0 Å². The topological polar surface area (TPSA) is 20.2 Å². The fraction of sp³-hybridized carbons (Fsp3) is 0.455. The van der Waals surface area contributed by atoms with Gasteiger partial charge in [-0.25, -0.2) is 0 Å². The molecule has 0 aliphatic heterocycles. The highest BCUT2D eigenvalue weighted by atomic mass is 16.3. The van der Waals surface area contributed by atoms with Crippen molar-refractivity contribution in [3.8, 4) is 0 Å². The van der Waals surface area contributed by atoms with Crippen LogP contribution >= 0.6 is 0 Å². The first-order valence-corrected chi connectivity index (χ1v) is 4.25. The van der Waals surface area contributed by atoms with E-state index in [2.05, 4.69) is 19.6 Å². The van der Waals surface area contributed by atoms with Gasteiger partial charge in [0.2, 0.25) is 0 Å². The van der Waals surface area contributed by atoms with Crippen LogP contribution in [0.2, 0.25) is 0 Å². The van der Waals surface area contributed by atoms with Crippen molar-refractivity contribution in [3.63, 3.8) is 0 Å². The van der Waals surface area contributed by atoms with Crippen LogP contribution in [-0.2, 0) is 0 Å². The Hall–Kier alpha value is -0.820. The highest BCUT2D eigenvalue weighted by Gasteiger charge is 1.88. The second-order valence-electron chi connectivity index (χ2n) is 3.00. The Balaban J connectivity index is 3.69. The van der Waals surface area contributed by atoms with Gasteiger partial charge in [0.05, 0.1) is 6.61 Å². The van der Waals surface area contributed by atoms with E-state index in [0.29, 0.717) is 0 Å². The zero-order valence-electron chi connectivity index (χ0n) is 8.01. The molecule has 0 aromatic carbocycles. The van der Waals surface area contributed by atoms with Crippen molar-refractivity contribution in [1.29, 1.82) is 0 Å². The number of aliphatic hydroxyl groups excluding tert-OH is 1. The fourth-order valence-electron chi connectivity index (χ4n) is 0.895. The van der Waals surface area contributed by atoms with Crippen molar-refractivity contribution in [2.75, 3.05) is 6.61 Å². The molecule has 0 saturated carbocycles. The zero-order valence-corrected chi connectivity index (χ0v) is 8.01. The highest BCUT2D eigenvalue weighted by molar-refractivity contribution is 5.09. The van der Waals surface area contributed by atoms with E-state index in [9.17, 15) is 0 Å². The molecule has 0 fully saturated rings. The Morgan fingerprint density at radius 3 is 2.50 bits per heavy atom. The smallest absolute Gasteiger partial charge is 0.0639 e. The van der Waals surface area contributed by atoms with E-state index in [1.165, 1.54) is 5.57 Å². The normalized spacial score (nSPS) is 13.2. The van der Waals surface area contributed by atoms with Gasteiger partial charge in [-0.15, -0.1) is 0 Å². The second-order valence-corrected chi connectivity index (χ2v) is 3.00. The van der Waals surface area contributed by atoms with Gasteiger partial charge in [-0.2, -0.15) is 0 Å². The second kappa shape index (κ2) is 6.86. The van der Waals surface area contributed by atoms with Crippen molar-refractivity contribution in [2.24, 2.45) is 0 Å². The quantitative estimate of drug-likeness (QED) is 0.492. The van der Waals surface area contributed by atoms with Gasteiger partial charge in [0, 0.05) is 0 Å². The van der Waals surface area contributed by atoms with Gasteiger partial charge in [0.25, 0.3) is 0 Å². The van der Waals surface area contributed by atoms with E-state index in [1.54, 1.807) is 6.08 Å². The van der Waals surface area contributed by atoms with Crippen LogP contribution < -0.4 is 0 Å². The summed E-state index contributed by atoms with van der Waals surface area (Å²) in [6, 6.07) is 0. The van der Waals surface area contributed by atoms with Crippen LogP contribution in [0.5, 0.6) is 0 Å². The van der Waals surface area contributed by atoms with Crippen molar-refractivity contribution < 1.29 is 5.11 Å². The molecular weight excluding hydrogens is 148 g/mol. The monoisotopic (exact) mass is 166 g/mol. The van der Waals surface area contributed by atoms with E-state index in [0.717, 1.165) is 18.4 Å². The fourth-order valence-corrected chi connectivity index (χ4v) is 0.895. The van der Waals surface area contributed by atoms with Crippen LogP contribution in [0.3, 0.4) is 0 Å². The van der Waals surface area contributed by atoms with Gasteiger partial charge >= 0.3 is 0 Å². The molecule has 0 aromatic heterocycles. The third-order valence-corrected chi connectivity index (χ3v) is 1.68.